The molecule has 4 nitrogen and oxygen atoms in total. The van der Waals surface area contributed by atoms with E-state index in [9.17, 15) is 13.2 Å². The molecule has 0 atom stereocenters. The van der Waals surface area contributed by atoms with E-state index in [2.05, 4.69) is 10.4 Å². The molecule has 2 aromatic rings. The standard InChI is InChI=1S/C13H13F3N4S/c1-2-20-7-9(6-18-20)19-8-3-4-11(13(14,15)16)10(5-8)12(17)21/h3-7,19H,2H2,1H3,(H2,17,21). The number of alkyl halides is 3. The molecule has 0 saturated carbocycles. The van der Waals surface area contributed by atoms with Crippen LogP contribution in [0.25, 0.3) is 0 Å². The summed E-state index contributed by atoms with van der Waals surface area (Å²) in [5.41, 5.74) is 5.47. The number of nitrogens with two attached hydrogens (primary N) is 1. The minimum Gasteiger partial charge on any atom is -0.389 e. The first-order chi connectivity index (χ1) is 9.81. The molecule has 1 aromatic heterocycles. The summed E-state index contributed by atoms with van der Waals surface area (Å²) < 4.78 is 40.3. The molecule has 3 N–H and O–H groups in total. The molecule has 0 radical (unpaired) electrons. The number of hydrogen-bond donors (Lipinski definition) is 2. The fourth-order valence-corrected chi connectivity index (χ4v) is 2.01. The summed E-state index contributed by atoms with van der Waals surface area (Å²) in [6.45, 7) is 2.63. The zero-order valence-corrected chi connectivity index (χ0v) is 11.9. The smallest absolute Gasteiger partial charge is 0.389 e. The van der Waals surface area contributed by atoms with Gasteiger partial charge in [0.1, 0.15) is 4.99 Å². The number of nitrogens with zero attached hydrogens (tertiary/aromatic N) is 2. The van der Waals surface area contributed by atoms with E-state index in [1.165, 1.54) is 12.1 Å². The minimum absolute atomic E-state index is 0.203. The highest BCUT2D eigenvalue weighted by atomic mass is 32.1. The Morgan fingerprint density at radius 2 is 2.10 bits per heavy atom. The molecule has 0 unspecified atom stereocenters. The number of anilines is 2. The normalized spacial score (nSPS) is 11.4. The molecule has 0 amide bonds. The van der Waals surface area contributed by atoms with E-state index < -0.39 is 11.7 Å². The van der Waals surface area contributed by atoms with Crippen LogP contribution in [0.2, 0.25) is 0 Å². The Balaban J connectivity index is 2.34. The maximum absolute atomic E-state index is 12.9. The SMILES string of the molecule is CCn1cc(Nc2ccc(C(F)(F)F)c(C(N)=S)c2)cn1. The van der Waals surface area contributed by atoms with Crippen LogP contribution in [0, 0.1) is 0 Å². The van der Waals surface area contributed by atoms with Crippen LogP contribution in [-0.4, -0.2) is 14.8 Å². The number of benzene rings is 1. The summed E-state index contributed by atoms with van der Waals surface area (Å²) in [6.07, 6.45) is -1.16. The molecular formula is C13H13F3N4S. The molecule has 0 saturated heterocycles. The number of hydrogen-bond acceptors (Lipinski definition) is 3. The van der Waals surface area contributed by atoms with Crippen LogP contribution < -0.4 is 11.1 Å². The third-order valence-corrected chi connectivity index (χ3v) is 3.06. The van der Waals surface area contributed by atoms with Crippen LogP contribution >= 0.6 is 12.2 Å². The van der Waals surface area contributed by atoms with Crippen molar-refractivity contribution in [3.05, 3.63) is 41.7 Å². The summed E-state index contributed by atoms with van der Waals surface area (Å²) in [5.74, 6) is 0. The topological polar surface area (TPSA) is 55.9 Å². The Morgan fingerprint density at radius 1 is 1.38 bits per heavy atom. The van der Waals surface area contributed by atoms with Crippen molar-refractivity contribution in [3.63, 3.8) is 0 Å². The van der Waals surface area contributed by atoms with Gasteiger partial charge in [-0.05, 0) is 25.1 Å². The lowest BCUT2D eigenvalue weighted by Gasteiger charge is -2.14. The first-order valence-corrected chi connectivity index (χ1v) is 6.52. The Morgan fingerprint density at radius 3 is 2.62 bits per heavy atom. The maximum atomic E-state index is 12.9. The van der Waals surface area contributed by atoms with Crippen LogP contribution in [-0.2, 0) is 12.7 Å². The Kier molecular flexibility index (Phi) is 4.17. The van der Waals surface area contributed by atoms with Gasteiger partial charge >= 0.3 is 6.18 Å². The first-order valence-electron chi connectivity index (χ1n) is 6.11. The predicted octanol–water partition coefficient (Wildman–Crippen LogP) is 3.30. The van der Waals surface area contributed by atoms with E-state index in [-0.39, 0.29) is 10.6 Å². The number of aromatic nitrogens is 2. The van der Waals surface area contributed by atoms with Gasteiger partial charge in [0.15, 0.2) is 0 Å². The monoisotopic (exact) mass is 314 g/mol. The fraction of sp³-hybridized carbons (Fsp3) is 0.231. The lowest BCUT2D eigenvalue weighted by molar-refractivity contribution is -0.137. The number of halogens is 3. The van der Waals surface area contributed by atoms with Crippen LogP contribution in [0.1, 0.15) is 18.1 Å². The van der Waals surface area contributed by atoms with Gasteiger partial charge in [-0.25, -0.2) is 0 Å². The molecule has 0 bridgehead atoms. The van der Waals surface area contributed by atoms with E-state index in [0.29, 0.717) is 17.9 Å². The van der Waals surface area contributed by atoms with Crippen molar-refractivity contribution in [2.75, 3.05) is 5.32 Å². The van der Waals surface area contributed by atoms with Crippen molar-refractivity contribution >= 4 is 28.6 Å². The van der Waals surface area contributed by atoms with Crippen molar-refractivity contribution in [2.24, 2.45) is 5.73 Å². The summed E-state index contributed by atoms with van der Waals surface area (Å²) in [4.78, 5) is -0.296. The number of aryl methyl sites for hydroxylation is 1. The van der Waals surface area contributed by atoms with Crippen molar-refractivity contribution < 1.29 is 13.2 Å². The molecule has 0 aliphatic heterocycles. The van der Waals surface area contributed by atoms with Gasteiger partial charge in [0, 0.05) is 24.0 Å². The second-order valence-corrected chi connectivity index (χ2v) is 4.77. The molecule has 21 heavy (non-hydrogen) atoms. The zero-order valence-electron chi connectivity index (χ0n) is 11.1. The van der Waals surface area contributed by atoms with Crippen LogP contribution in [0.5, 0.6) is 0 Å². The molecular weight excluding hydrogens is 301 g/mol. The summed E-state index contributed by atoms with van der Waals surface area (Å²) in [5, 5.41) is 7.04. The largest absolute Gasteiger partial charge is 0.417 e. The highest BCUT2D eigenvalue weighted by Crippen LogP contribution is 2.33. The quantitative estimate of drug-likeness (QED) is 0.850. The highest BCUT2D eigenvalue weighted by Gasteiger charge is 2.34. The Labute approximate surface area is 124 Å². The van der Waals surface area contributed by atoms with E-state index in [0.717, 1.165) is 6.07 Å². The number of nitrogens with one attached hydrogen (secondary N) is 1. The van der Waals surface area contributed by atoms with Crippen LogP contribution in [0.15, 0.2) is 30.6 Å². The molecule has 1 aromatic carbocycles. The lowest BCUT2D eigenvalue weighted by Crippen LogP contribution is -2.18. The van der Waals surface area contributed by atoms with Crippen molar-refractivity contribution in [3.8, 4) is 0 Å². The van der Waals surface area contributed by atoms with E-state index in [4.69, 9.17) is 18.0 Å². The molecule has 0 fully saturated rings. The van der Waals surface area contributed by atoms with E-state index >= 15 is 0 Å². The van der Waals surface area contributed by atoms with E-state index in [1.54, 1.807) is 17.1 Å². The Bertz CT molecular complexity index is 664. The van der Waals surface area contributed by atoms with Gasteiger partial charge in [-0.2, -0.15) is 18.3 Å². The summed E-state index contributed by atoms with van der Waals surface area (Å²) in [6, 6.07) is 3.57. The van der Waals surface area contributed by atoms with Crippen LogP contribution in [0.3, 0.4) is 0 Å². The number of rotatable bonds is 4. The fourth-order valence-electron chi connectivity index (χ4n) is 1.84. The number of thiocarbonyl (C=S) groups is 1. The average Bonchev–Trinajstić information content (AvgIpc) is 2.85. The van der Waals surface area contributed by atoms with Gasteiger partial charge in [0.2, 0.25) is 0 Å². The lowest BCUT2D eigenvalue weighted by atomic mass is 10.1. The third kappa shape index (κ3) is 3.52. The van der Waals surface area contributed by atoms with Gasteiger partial charge in [0.25, 0.3) is 0 Å². The highest BCUT2D eigenvalue weighted by molar-refractivity contribution is 7.80. The van der Waals surface area contributed by atoms with Gasteiger partial charge < -0.3 is 11.1 Å². The second kappa shape index (κ2) is 5.72. The predicted molar refractivity (Wildman–Crippen MR) is 78.5 cm³/mol. The van der Waals surface area contributed by atoms with Crippen molar-refractivity contribution in [1.82, 2.24) is 9.78 Å². The molecule has 1 heterocycles. The second-order valence-electron chi connectivity index (χ2n) is 4.33. The average molecular weight is 314 g/mol. The molecule has 0 aliphatic carbocycles. The van der Waals surface area contributed by atoms with Gasteiger partial charge in [-0.15, -0.1) is 0 Å². The minimum atomic E-state index is -4.50. The van der Waals surface area contributed by atoms with Crippen molar-refractivity contribution in [2.45, 2.75) is 19.6 Å². The van der Waals surface area contributed by atoms with Crippen molar-refractivity contribution in [1.29, 1.82) is 0 Å². The molecule has 2 rings (SSSR count). The van der Waals surface area contributed by atoms with E-state index in [1.807, 2.05) is 6.92 Å². The zero-order chi connectivity index (χ0) is 15.6. The first kappa shape index (κ1) is 15.3. The third-order valence-electron chi connectivity index (χ3n) is 2.84. The molecule has 8 heteroatoms. The van der Waals surface area contributed by atoms with Gasteiger partial charge in [0.05, 0.1) is 17.4 Å². The van der Waals surface area contributed by atoms with Gasteiger partial charge in [-0.1, -0.05) is 12.2 Å². The molecule has 0 aliphatic rings. The summed E-state index contributed by atoms with van der Waals surface area (Å²) in [7, 11) is 0. The molecule has 112 valence electrons. The van der Waals surface area contributed by atoms with Gasteiger partial charge in [-0.3, -0.25) is 4.68 Å². The molecule has 0 spiro atoms. The maximum Gasteiger partial charge on any atom is 0.417 e. The Hall–Kier alpha value is -2.09. The summed E-state index contributed by atoms with van der Waals surface area (Å²) >= 11 is 4.70. The van der Waals surface area contributed by atoms with Crippen LogP contribution in [0.4, 0.5) is 24.5 Å².